The quantitative estimate of drug-likeness (QED) is 0.246. The molecule has 6 rings (SSSR count). The average molecular weight is 505 g/mol. The topological polar surface area (TPSA) is 59.7 Å². The van der Waals surface area contributed by atoms with E-state index in [0.717, 1.165) is 44.2 Å². The van der Waals surface area contributed by atoms with Crippen molar-refractivity contribution < 1.29 is 19.1 Å². The van der Waals surface area contributed by atoms with Crippen molar-refractivity contribution in [1.82, 2.24) is 0 Å². The fraction of sp³-hybridized carbons (Fsp3) is 0.0312. The second kappa shape index (κ2) is 9.49. The Morgan fingerprint density at radius 1 is 0.730 bits per heavy atom. The highest BCUT2D eigenvalue weighted by atomic mass is 35.5. The van der Waals surface area contributed by atoms with Crippen molar-refractivity contribution in [2.75, 3.05) is 0 Å². The molecule has 0 bridgehead atoms. The van der Waals surface area contributed by atoms with Crippen molar-refractivity contribution in [2.45, 2.75) is 6.10 Å². The minimum Gasteiger partial charge on any atom is -0.478 e. The molecule has 0 aliphatic heterocycles. The van der Waals surface area contributed by atoms with Crippen molar-refractivity contribution in [3.8, 4) is 28.0 Å². The number of para-hydroxylation sites is 2. The molecule has 4 nitrogen and oxygen atoms in total. The second-order valence-electron chi connectivity index (χ2n) is 8.75. The lowest BCUT2D eigenvalue weighted by Crippen LogP contribution is -2.18. The molecule has 0 aliphatic carbocycles. The summed E-state index contributed by atoms with van der Waals surface area (Å²) in [6.07, 6.45) is -1.12. The highest BCUT2D eigenvalue weighted by Gasteiger charge is 2.22. The number of rotatable bonds is 6. The van der Waals surface area contributed by atoms with Gasteiger partial charge in [-0.05, 0) is 35.4 Å². The van der Waals surface area contributed by atoms with E-state index >= 15 is 0 Å². The van der Waals surface area contributed by atoms with E-state index in [-0.39, 0.29) is 0 Å². The van der Waals surface area contributed by atoms with Crippen molar-refractivity contribution >= 4 is 39.5 Å². The summed E-state index contributed by atoms with van der Waals surface area (Å²) in [5.74, 6) is -0.681. The summed E-state index contributed by atoms with van der Waals surface area (Å²) in [5.41, 5.74) is 6.12. The largest absolute Gasteiger partial charge is 0.478 e. The SMILES string of the molecule is O=C(O)C(Oc1ccc(-c2ccc(-c3cccc4c3oc3ccccc34)cc2)c(Cl)c1)c1ccccc1. The molecule has 180 valence electrons. The maximum atomic E-state index is 11.8. The Morgan fingerprint density at radius 3 is 2.14 bits per heavy atom. The van der Waals surface area contributed by atoms with E-state index in [2.05, 4.69) is 18.2 Å². The molecule has 1 atom stereocenters. The third-order valence-electron chi connectivity index (χ3n) is 6.43. The van der Waals surface area contributed by atoms with E-state index in [1.807, 2.05) is 60.7 Å². The summed E-state index contributed by atoms with van der Waals surface area (Å²) < 4.78 is 12.0. The maximum Gasteiger partial charge on any atom is 0.349 e. The van der Waals surface area contributed by atoms with Crippen LogP contribution in [0, 0.1) is 0 Å². The monoisotopic (exact) mass is 504 g/mol. The fourth-order valence-corrected chi connectivity index (χ4v) is 4.91. The Kier molecular flexibility index (Phi) is 5.87. The molecule has 5 aromatic carbocycles. The third kappa shape index (κ3) is 4.32. The number of carboxylic acids is 1. The van der Waals surface area contributed by atoms with E-state index < -0.39 is 12.1 Å². The number of ether oxygens (including phenoxy) is 1. The van der Waals surface area contributed by atoms with Gasteiger partial charge in [-0.1, -0.05) is 103 Å². The molecule has 1 N–H and O–H groups in total. The van der Waals surface area contributed by atoms with Gasteiger partial charge in [-0.3, -0.25) is 0 Å². The molecule has 1 unspecified atom stereocenters. The Balaban J connectivity index is 1.29. The molecule has 0 aliphatic rings. The van der Waals surface area contributed by atoms with Crippen molar-refractivity contribution in [2.24, 2.45) is 0 Å². The Bertz CT molecular complexity index is 1740. The molecule has 0 spiro atoms. The third-order valence-corrected chi connectivity index (χ3v) is 6.75. The molecule has 0 fully saturated rings. The number of hydrogen-bond acceptors (Lipinski definition) is 3. The van der Waals surface area contributed by atoms with Crippen LogP contribution in [0.1, 0.15) is 11.7 Å². The van der Waals surface area contributed by atoms with Gasteiger partial charge < -0.3 is 14.3 Å². The molecule has 0 amide bonds. The highest BCUT2D eigenvalue weighted by molar-refractivity contribution is 6.33. The van der Waals surface area contributed by atoms with Crippen LogP contribution in [-0.2, 0) is 4.79 Å². The zero-order valence-corrected chi connectivity index (χ0v) is 20.4. The van der Waals surface area contributed by atoms with Gasteiger partial charge in [-0.2, -0.15) is 0 Å². The van der Waals surface area contributed by atoms with Crippen LogP contribution in [0.5, 0.6) is 5.75 Å². The summed E-state index contributed by atoms with van der Waals surface area (Å²) in [6.45, 7) is 0. The van der Waals surface area contributed by atoms with E-state index in [0.29, 0.717) is 16.3 Å². The van der Waals surface area contributed by atoms with Gasteiger partial charge >= 0.3 is 5.97 Å². The number of aliphatic carboxylic acids is 1. The van der Waals surface area contributed by atoms with Crippen molar-refractivity contribution in [1.29, 1.82) is 0 Å². The number of hydrogen-bond donors (Lipinski definition) is 1. The molecular formula is C32H21ClO4. The highest BCUT2D eigenvalue weighted by Crippen LogP contribution is 2.38. The fourth-order valence-electron chi connectivity index (χ4n) is 4.63. The smallest absolute Gasteiger partial charge is 0.349 e. The van der Waals surface area contributed by atoms with Crippen LogP contribution in [0.2, 0.25) is 5.02 Å². The second-order valence-corrected chi connectivity index (χ2v) is 9.15. The van der Waals surface area contributed by atoms with Gasteiger partial charge in [0.05, 0.1) is 5.02 Å². The Labute approximate surface area is 218 Å². The van der Waals surface area contributed by atoms with Crippen molar-refractivity contribution in [3.05, 3.63) is 126 Å². The molecule has 6 aromatic rings. The summed E-state index contributed by atoms with van der Waals surface area (Å²) >= 11 is 6.61. The van der Waals surface area contributed by atoms with E-state index in [9.17, 15) is 9.90 Å². The van der Waals surface area contributed by atoms with E-state index in [1.165, 1.54) is 0 Å². The molecule has 5 heteroatoms. The molecule has 37 heavy (non-hydrogen) atoms. The summed E-state index contributed by atoms with van der Waals surface area (Å²) in [7, 11) is 0. The molecule has 1 heterocycles. The first kappa shape index (κ1) is 22.9. The zero-order chi connectivity index (χ0) is 25.4. The minimum atomic E-state index is -1.12. The normalized spacial score (nSPS) is 12.0. The van der Waals surface area contributed by atoms with E-state index in [4.69, 9.17) is 20.8 Å². The van der Waals surface area contributed by atoms with Crippen LogP contribution >= 0.6 is 11.6 Å². The van der Waals surface area contributed by atoms with Crippen LogP contribution < -0.4 is 4.74 Å². The summed E-state index contributed by atoms with van der Waals surface area (Å²) in [4.78, 5) is 11.8. The number of halogens is 1. The predicted octanol–water partition coefficient (Wildman–Crippen LogP) is 8.78. The standard InChI is InChI=1S/C32H21ClO4/c33-28-19-23(36-30(32(34)35)22-7-2-1-3-8-22)17-18-24(28)20-13-15-21(16-14-20)25-10-6-11-27-26-9-4-5-12-29(26)37-31(25)27/h1-19,30H,(H,34,35). The van der Waals surface area contributed by atoms with E-state index in [1.54, 1.807) is 36.4 Å². The Morgan fingerprint density at radius 2 is 1.41 bits per heavy atom. The van der Waals surface area contributed by atoms with Gasteiger partial charge in [0, 0.05) is 27.5 Å². The van der Waals surface area contributed by atoms with Crippen molar-refractivity contribution in [3.63, 3.8) is 0 Å². The van der Waals surface area contributed by atoms with Crippen LogP contribution in [-0.4, -0.2) is 11.1 Å². The number of carbonyl (C=O) groups is 1. The molecule has 0 radical (unpaired) electrons. The molecule has 0 saturated carbocycles. The van der Waals surface area contributed by atoms with Crippen LogP contribution in [0.3, 0.4) is 0 Å². The first-order valence-corrected chi connectivity index (χ1v) is 12.2. The van der Waals surface area contributed by atoms with Crippen LogP contribution in [0.4, 0.5) is 0 Å². The van der Waals surface area contributed by atoms with Gasteiger partial charge in [0.1, 0.15) is 16.9 Å². The lowest BCUT2D eigenvalue weighted by Gasteiger charge is -2.16. The van der Waals surface area contributed by atoms with Gasteiger partial charge in [-0.25, -0.2) is 4.79 Å². The predicted molar refractivity (Wildman–Crippen MR) is 147 cm³/mol. The lowest BCUT2D eigenvalue weighted by atomic mass is 9.98. The number of benzene rings is 5. The maximum absolute atomic E-state index is 11.8. The lowest BCUT2D eigenvalue weighted by molar-refractivity contribution is -0.145. The first-order valence-electron chi connectivity index (χ1n) is 11.8. The van der Waals surface area contributed by atoms with Gasteiger partial charge in [0.25, 0.3) is 0 Å². The first-order chi connectivity index (χ1) is 18.1. The summed E-state index contributed by atoms with van der Waals surface area (Å²) in [5, 5.41) is 12.3. The average Bonchev–Trinajstić information content (AvgIpc) is 3.31. The minimum absolute atomic E-state index is 0.387. The Hall–Kier alpha value is -4.54. The van der Waals surface area contributed by atoms with Crippen LogP contribution in [0.15, 0.2) is 120 Å². The molecule has 1 aromatic heterocycles. The summed E-state index contributed by atoms with van der Waals surface area (Å²) in [6, 6.07) is 36.4. The number of carboxylic acid groups (broad SMARTS) is 1. The zero-order valence-electron chi connectivity index (χ0n) is 19.6. The molecular weight excluding hydrogens is 484 g/mol. The van der Waals surface area contributed by atoms with Gasteiger partial charge in [-0.15, -0.1) is 0 Å². The number of fused-ring (bicyclic) bond motifs is 3. The van der Waals surface area contributed by atoms with Crippen LogP contribution in [0.25, 0.3) is 44.2 Å². The number of furan rings is 1. The van der Waals surface area contributed by atoms with Gasteiger partial charge in [0.2, 0.25) is 6.10 Å². The van der Waals surface area contributed by atoms with Gasteiger partial charge in [0.15, 0.2) is 0 Å². The molecule has 0 saturated heterocycles.